The van der Waals surface area contributed by atoms with Crippen LogP contribution in [0.25, 0.3) is 0 Å². The number of aromatic nitrogens is 1. The fourth-order valence-electron chi connectivity index (χ4n) is 1.67. The second-order valence-electron chi connectivity index (χ2n) is 5.69. The number of halogens is 2. The van der Waals surface area contributed by atoms with E-state index < -0.39 is 23.6 Å². The summed E-state index contributed by atoms with van der Waals surface area (Å²) < 4.78 is 19.4. The van der Waals surface area contributed by atoms with Crippen LogP contribution in [0.2, 0.25) is 0 Å². The number of pyridine rings is 1. The van der Waals surface area contributed by atoms with Crippen LogP contribution in [-0.4, -0.2) is 51.5 Å². The van der Waals surface area contributed by atoms with Crippen LogP contribution in [0.3, 0.4) is 0 Å². The lowest BCUT2D eigenvalue weighted by atomic mass is 10.2. The zero-order valence-corrected chi connectivity index (χ0v) is 14.3. The molecule has 0 bridgehead atoms. The van der Waals surface area contributed by atoms with Crippen LogP contribution < -0.4 is 0 Å². The number of carbonyl (C=O) groups excluding carboxylic acids is 1. The van der Waals surface area contributed by atoms with Crippen molar-refractivity contribution in [2.45, 2.75) is 32.5 Å². The van der Waals surface area contributed by atoms with Crippen molar-refractivity contribution in [1.29, 1.82) is 0 Å². The Bertz CT molecular complexity index is 522. The zero-order chi connectivity index (χ0) is 16.9. The van der Waals surface area contributed by atoms with Crippen LogP contribution in [0.15, 0.2) is 16.7 Å². The fraction of sp³-hybridized carbons (Fsp3) is 0.571. The Kier molecular flexibility index (Phi) is 6.70. The van der Waals surface area contributed by atoms with Gasteiger partial charge < -0.3 is 19.8 Å². The van der Waals surface area contributed by atoms with Gasteiger partial charge in [0, 0.05) is 17.2 Å². The first-order valence-corrected chi connectivity index (χ1v) is 7.51. The zero-order valence-electron chi connectivity index (χ0n) is 12.7. The number of hydrogen-bond acceptors (Lipinski definition) is 5. The van der Waals surface area contributed by atoms with Gasteiger partial charge in [-0.25, -0.2) is 9.18 Å². The van der Waals surface area contributed by atoms with Gasteiger partial charge in [0.1, 0.15) is 23.2 Å². The molecule has 0 aromatic carbocycles. The predicted octanol–water partition coefficient (Wildman–Crippen LogP) is 2.25. The number of amides is 1. The number of nitrogens with zero attached hydrogens (tertiary/aromatic N) is 2. The van der Waals surface area contributed by atoms with Gasteiger partial charge in [0.05, 0.1) is 13.2 Å². The van der Waals surface area contributed by atoms with E-state index in [9.17, 15) is 14.3 Å². The molecule has 1 aromatic heterocycles. The molecule has 1 unspecified atom stereocenters. The lowest BCUT2D eigenvalue weighted by Gasteiger charge is -2.28. The van der Waals surface area contributed by atoms with Crippen LogP contribution >= 0.6 is 15.9 Å². The molecule has 8 heteroatoms. The first-order valence-electron chi connectivity index (χ1n) is 6.72. The maximum atomic E-state index is 13.8. The Morgan fingerprint density at radius 2 is 2.18 bits per heavy atom. The van der Waals surface area contributed by atoms with Crippen molar-refractivity contribution < 1.29 is 24.1 Å². The lowest BCUT2D eigenvalue weighted by molar-refractivity contribution is 0.0101. The predicted molar refractivity (Wildman–Crippen MR) is 81.7 cm³/mol. The van der Waals surface area contributed by atoms with Crippen molar-refractivity contribution >= 4 is 22.0 Å². The van der Waals surface area contributed by atoms with Gasteiger partial charge in [-0.15, -0.1) is 0 Å². The van der Waals surface area contributed by atoms with Gasteiger partial charge in [-0.1, -0.05) is 0 Å². The summed E-state index contributed by atoms with van der Waals surface area (Å²) in [5, 5.41) is 19.1. The van der Waals surface area contributed by atoms with Crippen molar-refractivity contribution in [2.24, 2.45) is 0 Å². The summed E-state index contributed by atoms with van der Waals surface area (Å²) in [6.07, 6.45) is -0.670. The molecule has 0 aliphatic heterocycles. The van der Waals surface area contributed by atoms with Gasteiger partial charge >= 0.3 is 6.09 Å². The van der Waals surface area contributed by atoms with Gasteiger partial charge in [0.15, 0.2) is 0 Å². The molecule has 0 fully saturated rings. The largest absolute Gasteiger partial charge is 0.444 e. The van der Waals surface area contributed by atoms with Gasteiger partial charge in [0.25, 0.3) is 0 Å². The Morgan fingerprint density at radius 3 is 2.68 bits per heavy atom. The molecule has 124 valence electrons. The second-order valence-corrected chi connectivity index (χ2v) is 6.60. The van der Waals surface area contributed by atoms with E-state index in [0.717, 1.165) is 4.90 Å². The normalized spacial score (nSPS) is 12.9. The minimum absolute atomic E-state index is 0.0376. The molecule has 0 spiro atoms. The topological polar surface area (TPSA) is 82.9 Å². The molecule has 2 N–H and O–H groups in total. The maximum Gasteiger partial charge on any atom is 0.410 e. The molecule has 1 rings (SSSR count). The Hall–Kier alpha value is -1.25. The quantitative estimate of drug-likeness (QED) is 0.820. The third-order valence-electron chi connectivity index (χ3n) is 2.57. The van der Waals surface area contributed by atoms with Crippen molar-refractivity contribution in [3.8, 4) is 0 Å². The molecular formula is C14H20BrFN2O4. The van der Waals surface area contributed by atoms with Gasteiger partial charge in [-0.3, -0.25) is 4.98 Å². The summed E-state index contributed by atoms with van der Waals surface area (Å²) >= 11 is 3.08. The standard InChI is InChI=1S/C14H20BrFN2O4/c1-14(2,3)22-13(21)18(4-5-19)8-11(20)12-10(16)6-9(15)7-17-12/h6-7,11,19-20H,4-5,8H2,1-3H3. The SMILES string of the molecule is CC(C)(C)OC(=O)N(CCO)CC(O)c1ncc(Br)cc1F. The fourth-order valence-corrected chi connectivity index (χ4v) is 1.97. The molecule has 1 amide bonds. The summed E-state index contributed by atoms with van der Waals surface area (Å²) in [7, 11) is 0. The van der Waals surface area contributed by atoms with E-state index in [-0.39, 0.29) is 25.4 Å². The third-order valence-corrected chi connectivity index (χ3v) is 3.00. The van der Waals surface area contributed by atoms with E-state index in [4.69, 9.17) is 9.84 Å². The number of hydrogen-bond donors (Lipinski definition) is 2. The van der Waals surface area contributed by atoms with Crippen LogP contribution in [0.5, 0.6) is 0 Å². The first-order chi connectivity index (χ1) is 10.1. The number of carbonyl (C=O) groups is 1. The Labute approximate surface area is 137 Å². The van der Waals surface area contributed by atoms with E-state index in [1.54, 1.807) is 20.8 Å². The summed E-state index contributed by atoms with van der Waals surface area (Å²) in [5.41, 5.74) is -0.883. The number of rotatable bonds is 5. The average Bonchev–Trinajstić information content (AvgIpc) is 2.35. The summed E-state index contributed by atoms with van der Waals surface area (Å²) in [6.45, 7) is 4.53. The van der Waals surface area contributed by atoms with Crippen molar-refractivity contribution in [3.05, 3.63) is 28.2 Å². The number of aliphatic hydroxyl groups excluding tert-OH is 2. The van der Waals surface area contributed by atoms with Gasteiger partial charge in [0.2, 0.25) is 0 Å². The summed E-state index contributed by atoms with van der Waals surface area (Å²) in [6, 6.07) is 1.18. The highest BCUT2D eigenvalue weighted by Gasteiger charge is 2.25. The van der Waals surface area contributed by atoms with Crippen LogP contribution in [-0.2, 0) is 4.74 Å². The molecule has 1 atom stereocenters. The van der Waals surface area contributed by atoms with Crippen LogP contribution in [0.4, 0.5) is 9.18 Å². The Balaban J connectivity index is 2.83. The summed E-state index contributed by atoms with van der Waals surface area (Å²) in [5.74, 6) is -0.685. The molecule has 1 aromatic rings. The molecule has 1 heterocycles. The minimum atomic E-state index is -1.33. The molecule has 0 aliphatic rings. The van der Waals surface area contributed by atoms with Crippen molar-refractivity contribution in [2.75, 3.05) is 19.7 Å². The van der Waals surface area contributed by atoms with E-state index in [1.807, 2.05) is 0 Å². The van der Waals surface area contributed by atoms with Gasteiger partial charge in [-0.05, 0) is 42.8 Å². The minimum Gasteiger partial charge on any atom is -0.444 e. The van der Waals surface area contributed by atoms with E-state index >= 15 is 0 Å². The van der Waals surface area contributed by atoms with Crippen LogP contribution in [0.1, 0.15) is 32.6 Å². The monoisotopic (exact) mass is 378 g/mol. The van der Waals surface area contributed by atoms with E-state index in [2.05, 4.69) is 20.9 Å². The van der Waals surface area contributed by atoms with E-state index in [1.165, 1.54) is 12.3 Å². The number of ether oxygens (including phenoxy) is 1. The maximum absolute atomic E-state index is 13.8. The van der Waals surface area contributed by atoms with Crippen molar-refractivity contribution in [3.63, 3.8) is 0 Å². The molecule has 0 saturated heterocycles. The molecule has 0 radical (unpaired) electrons. The average molecular weight is 379 g/mol. The van der Waals surface area contributed by atoms with Crippen molar-refractivity contribution in [1.82, 2.24) is 9.88 Å². The van der Waals surface area contributed by atoms with Gasteiger partial charge in [-0.2, -0.15) is 0 Å². The highest BCUT2D eigenvalue weighted by atomic mass is 79.9. The highest BCUT2D eigenvalue weighted by molar-refractivity contribution is 9.10. The third kappa shape index (κ3) is 5.86. The second kappa shape index (κ2) is 7.85. The molecule has 0 saturated carbocycles. The molecule has 22 heavy (non-hydrogen) atoms. The number of aliphatic hydroxyl groups is 2. The molecular weight excluding hydrogens is 359 g/mol. The Morgan fingerprint density at radius 1 is 1.55 bits per heavy atom. The van der Waals surface area contributed by atoms with E-state index in [0.29, 0.717) is 4.47 Å². The lowest BCUT2D eigenvalue weighted by Crippen LogP contribution is -2.41. The summed E-state index contributed by atoms with van der Waals surface area (Å²) in [4.78, 5) is 16.9. The van der Waals surface area contributed by atoms with Crippen LogP contribution in [0, 0.1) is 5.82 Å². The molecule has 0 aliphatic carbocycles. The highest BCUT2D eigenvalue weighted by Crippen LogP contribution is 2.20. The smallest absolute Gasteiger partial charge is 0.410 e. The first kappa shape index (κ1) is 18.8. The molecule has 6 nitrogen and oxygen atoms in total.